The van der Waals surface area contributed by atoms with Crippen molar-refractivity contribution >= 4 is 5.97 Å². The first-order chi connectivity index (χ1) is 6.04. The first kappa shape index (κ1) is 7.84. The van der Waals surface area contributed by atoms with Gasteiger partial charge in [0.1, 0.15) is 6.10 Å². The van der Waals surface area contributed by atoms with Crippen molar-refractivity contribution in [1.82, 2.24) is 0 Å². The van der Waals surface area contributed by atoms with Crippen LogP contribution in [0.2, 0.25) is 0 Å². The Kier molecular flexibility index (Phi) is 1.17. The quantitative estimate of drug-likeness (QED) is 0.534. The van der Waals surface area contributed by atoms with Crippen LogP contribution in [0.4, 0.5) is 0 Å². The third kappa shape index (κ3) is 0.773. The highest BCUT2D eigenvalue weighted by Crippen LogP contribution is 2.65. The van der Waals surface area contributed by atoms with Crippen LogP contribution in [-0.4, -0.2) is 12.1 Å². The summed E-state index contributed by atoms with van der Waals surface area (Å²) in [6, 6.07) is 0. The molecule has 0 spiro atoms. The van der Waals surface area contributed by atoms with Gasteiger partial charge in [-0.2, -0.15) is 0 Å². The molecular weight excluding hydrogens is 164 g/mol. The van der Waals surface area contributed by atoms with E-state index in [1.807, 2.05) is 0 Å². The van der Waals surface area contributed by atoms with Gasteiger partial charge in [0, 0.05) is 0 Å². The molecule has 4 rings (SSSR count). The molecule has 0 aromatic rings. The Hall–Kier alpha value is -0.530. The number of carbonyl (C=O) groups excluding carboxylic acids is 1. The molecule has 2 heteroatoms. The van der Waals surface area contributed by atoms with E-state index >= 15 is 0 Å². The number of hydrogen-bond donors (Lipinski definition) is 0. The number of ether oxygens (including phenoxy) is 1. The summed E-state index contributed by atoms with van der Waals surface area (Å²) in [7, 11) is 0. The Morgan fingerprint density at radius 2 is 1.77 bits per heavy atom. The van der Waals surface area contributed by atoms with Crippen LogP contribution in [0.15, 0.2) is 0 Å². The predicted molar refractivity (Wildman–Crippen MR) is 48.1 cm³/mol. The lowest BCUT2D eigenvalue weighted by molar-refractivity contribution is -0.194. The highest BCUT2D eigenvalue weighted by molar-refractivity contribution is 5.77. The summed E-state index contributed by atoms with van der Waals surface area (Å²) in [5.74, 6) is 0.287. The molecule has 0 aromatic carbocycles. The molecule has 4 bridgehead atoms. The number of hydrogen-bond acceptors (Lipinski definition) is 2. The number of fused-ring (bicyclic) bond motifs is 1. The summed E-state index contributed by atoms with van der Waals surface area (Å²) in [5.41, 5.74) is 0.542. The third-order valence-corrected chi connectivity index (χ3v) is 4.57. The van der Waals surface area contributed by atoms with Crippen LogP contribution in [0.1, 0.15) is 39.5 Å². The zero-order chi connectivity index (χ0) is 9.27. The van der Waals surface area contributed by atoms with Crippen LogP contribution >= 0.6 is 0 Å². The lowest BCUT2D eigenvalue weighted by Crippen LogP contribution is -2.53. The monoisotopic (exact) mass is 180 g/mol. The molecule has 4 aliphatic rings. The molecule has 0 radical (unpaired) electrons. The summed E-state index contributed by atoms with van der Waals surface area (Å²) in [5, 5.41) is 0. The van der Waals surface area contributed by atoms with E-state index in [4.69, 9.17) is 4.74 Å². The highest BCUT2D eigenvalue weighted by atomic mass is 16.5. The maximum Gasteiger partial charge on any atom is 0.310 e. The van der Waals surface area contributed by atoms with Gasteiger partial charge in [0.15, 0.2) is 0 Å². The smallest absolute Gasteiger partial charge is 0.310 e. The van der Waals surface area contributed by atoms with Gasteiger partial charge in [-0.05, 0) is 36.5 Å². The van der Waals surface area contributed by atoms with Gasteiger partial charge in [-0.1, -0.05) is 13.8 Å². The summed E-state index contributed by atoms with van der Waals surface area (Å²) >= 11 is 0. The van der Waals surface area contributed by atoms with E-state index in [1.54, 1.807) is 0 Å². The molecule has 2 saturated carbocycles. The van der Waals surface area contributed by atoms with Gasteiger partial charge in [-0.3, -0.25) is 4.79 Å². The number of esters is 1. The predicted octanol–water partition coefficient (Wildman–Crippen LogP) is 2.13. The van der Waals surface area contributed by atoms with Gasteiger partial charge >= 0.3 is 5.97 Å². The van der Waals surface area contributed by atoms with E-state index in [1.165, 1.54) is 12.8 Å². The summed E-state index contributed by atoms with van der Waals surface area (Å²) in [6.45, 7) is 4.55. The molecule has 13 heavy (non-hydrogen) atoms. The van der Waals surface area contributed by atoms with Crippen LogP contribution in [0.5, 0.6) is 0 Å². The van der Waals surface area contributed by atoms with Crippen molar-refractivity contribution in [2.45, 2.75) is 45.6 Å². The molecule has 0 amide bonds. The standard InChI is InChI=1S/C11H16O2/c1-10-3-4-11(2)6-7(5-10)13-9(12)8(10)11/h7-8H,3-6H2,1-2H3/t7?,8?,10-,11+. The van der Waals surface area contributed by atoms with E-state index in [-0.39, 0.29) is 28.8 Å². The Balaban J connectivity index is 2.12. The number of carbonyl (C=O) groups is 1. The van der Waals surface area contributed by atoms with E-state index < -0.39 is 0 Å². The van der Waals surface area contributed by atoms with Crippen LogP contribution in [0.25, 0.3) is 0 Å². The molecule has 2 saturated heterocycles. The Morgan fingerprint density at radius 3 is 2.15 bits per heavy atom. The summed E-state index contributed by atoms with van der Waals surface area (Å²) in [4.78, 5) is 11.7. The maximum absolute atomic E-state index is 11.7. The van der Waals surface area contributed by atoms with E-state index in [0.717, 1.165) is 12.8 Å². The molecule has 0 aromatic heterocycles. The van der Waals surface area contributed by atoms with Crippen molar-refractivity contribution in [3.05, 3.63) is 0 Å². The van der Waals surface area contributed by atoms with Gasteiger partial charge in [0.2, 0.25) is 0 Å². The second-order valence-electron chi connectivity index (χ2n) is 5.71. The average molecular weight is 180 g/mol. The minimum atomic E-state index is 0.0880. The van der Waals surface area contributed by atoms with Crippen LogP contribution in [-0.2, 0) is 9.53 Å². The first-order valence-electron chi connectivity index (χ1n) is 5.24. The molecular formula is C11H16O2. The molecule has 2 aliphatic carbocycles. The van der Waals surface area contributed by atoms with Gasteiger partial charge in [0.05, 0.1) is 5.92 Å². The zero-order valence-electron chi connectivity index (χ0n) is 8.30. The maximum atomic E-state index is 11.7. The molecule has 2 heterocycles. The van der Waals surface area contributed by atoms with E-state index in [0.29, 0.717) is 0 Å². The third-order valence-electron chi connectivity index (χ3n) is 4.57. The fourth-order valence-corrected chi connectivity index (χ4v) is 4.14. The second-order valence-corrected chi connectivity index (χ2v) is 5.71. The van der Waals surface area contributed by atoms with Gasteiger partial charge in [-0.15, -0.1) is 0 Å². The lowest BCUT2D eigenvalue weighted by Gasteiger charge is -2.51. The van der Waals surface area contributed by atoms with Crippen LogP contribution in [0, 0.1) is 16.7 Å². The van der Waals surface area contributed by atoms with Crippen molar-refractivity contribution in [3.8, 4) is 0 Å². The Bertz CT molecular complexity index is 266. The Labute approximate surface area is 78.6 Å². The molecule has 0 N–H and O–H groups in total. The van der Waals surface area contributed by atoms with Crippen molar-refractivity contribution in [2.75, 3.05) is 0 Å². The normalized spacial score (nSPS) is 58.2. The van der Waals surface area contributed by atoms with Crippen molar-refractivity contribution in [3.63, 3.8) is 0 Å². The zero-order valence-corrected chi connectivity index (χ0v) is 8.30. The summed E-state index contributed by atoms with van der Waals surface area (Å²) < 4.78 is 5.36. The van der Waals surface area contributed by atoms with Gasteiger partial charge < -0.3 is 4.74 Å². The molecule has 4 atom stereocenters. The molecule has 72 valence electrons. The SMILES string of the molecule is C[C@]12CC[C@]3(C)CC(C1)OC(=O)C23. The topological polar surface area (TPSA) is 26.3 Å². The second kappa shape index (κ2) is 1.94. The fourth-order valence-electron chi connectivity index (χ4n) is 4.14. The van der Waals surface area contributed by atoms with Crippen LogP contribution in [0.3, 0.4) is 0 Å². The van der Waals surface area contributed by atoms with Crippen molar-refractivity contribution < 1.29 is 9.53 Å². The minimum Gasteiger partial charge on any atom is -0.462 e. The summed E-state index contributed by atoms with van der Waals surface area (Å²) in [6.07, 6.45) is 4.90. The highest BCUT2D eigenvalue weighted by Gasteiger charge is 2.64. The molecule has 2 unspecified atom stereocenters. The lowest BCUT2D eigenvalue weighted by atomic mass is 9.59. The fraction of sp³-hybridized carbons (Fsp3) is 0.909. The first-order valence-corrected chi connectivity index (χ1v) is 5.24. The minimum absolute atomic E-state index is 0.0880. The van der Waals surface area contributed by atoms with Crippen molar-refractivity contribution in [2.24, 2.45) is 16.7 Å². The van der Waals surface area contributed by atoms with E-state index in [2.05, 4.69) is 13.8 Å². The van der Waals surface area contributed by atoms with Gasteiger partial charge in [0.25, 0.3) is 0 Å². The number of rotatable bonds is 0. The molecule has 4 fully saturated rings. The van der Waals surface area contributed by atoms with Crippen molar-refractivity contribution in [1.29, 1.82) is 0 Å². The molecule has 2 nitrogen and oxygen atoms in total. The largest absolute Gasteiger partial charge is 0.462 e. The van der Waals surface area contributed by atoms with E-state index in [9.17, 15) is 4.79 Å². The van der Waals surface area contributed by atoms with Crippen LogP contribution < -0.4 is 0 Å². The Morgan fingerprint density at radius 1 is 1.23 bits per heavy atom. The average Bonchev–Trinajstić information content (AvgIpc) is 2.17. The molecule has 2 aliphatic heterocycles. The van der Waals surface area contributed by atoms with Gasteiger partial charge in [-0.25, -0.2) is 0 Å².